The largest absolute Gasteiger partial charge is 0.444 e. The van der Waals surface area contributed by atoms with E-state index in [1.165, 1.54) is 11.3 Å². The summed E-state index contributed by atoms with van der Waals surface area (Å²) in [6.07, 6.45) is 0.237. The Hall–Kier alpha value is -2.95. The number of carbonyl (C=O) groups is 1. The van der Waals surface area contributed by atoms with E-state index < -0.39 is 22.0 Å². The minimum atomic E-state index is -4.33. The van der Waals surface area contributed by atoms with Crippen molar-refractivity contribution < 1.29 is 22.5 Å². The maximum atomic E-state index is 11.3. The van der Waals surface area contributed by atoms with Crippen LogP contribution in [0.2, 0.25) is 0 Å². The number of ether oxygens (including phenoxy) is 1. The molecule has 2 aromatic carbocycles. The molecule has 0 radical (unpaired) electrons. The molecule has 170 valence electrons. The molecule has 10 heteroatoms. The number of amides is 1. The van der Waals surface area contributed by atoms with Crippen LogP contribution < -0.4 is 10.5 Å². The molecule has 0 aliphatic rings. The third kappa shape index (κ3) is 7.04. The first kappa shape index (κ1) is 23.7. The van der Waals surface area contributed by atoms with E-state index in [0.29, 0.717) is 12.8 Å². The molecule has 1 aromatic heterocycles. The maximum Gasteiger partial charge on any atom is 0.405 e. The zero-order chi connectivity index (χ0) is 23.4. The van der Waals surface area contributed by atoms with Crippen molar-refractivity contribution in [1.29, 1.82) is 0 Å². The zero-order valence-electron chi connectivity index (χ0n) is 17.7. The van der Waals surface area contributed by atoms with Gasteiger partial charge in [-0.05, 0) is 44.4 Å². The van der Waals surface area contributed by atoms with Gasteiger partial charge in [0.2, 0.25) is 0 Å². The predicted molar refractivity (Wildman–Crippen MR) is 125 cm³/mol. The van der Waals surface area contributed by atoms with Gasteiger partial charge in [0.25, 0.3) is 0 Å². The molecular weight excluding hydrogens is 450 g/mol. The number of carbonyl (C=O) groups excluding carboxylic acids is 1. The van der Waals surface area contributed by atoms with Gasteiger partial charge in [-0.2, -0.15) is 8.42 Å². The molecule has 0 saturated carbocycles. The van der Waals surface area contributed by atoms with E-state index in [9.17, 15) is 13.2 Å². The van der Waals surface area contributed by atoms with Crippen LogP contribution in [0.4, 0.5) is 10.5 Å². The van der Waals surface area contributed by atoms with Crippen molar-refractivity contribution in [2.75, 3.05) is 4.72 Å². The Morgan fingerprint density at radius 2 is 1.84 bits per heavy atom. The van der Waals surface area contributed by atoms with Gasteiger partial charge >= 0.3 is 16.4 Å². The predicted octanol–water partition coefficient (Wildman–Crippen LogP) is 4.62. The van der Waals surface area contributed by atoms with Crippen LogP contribution in [0.5, 0.6) is 0 Å². The number of benzene rings is 2. The molecule has 1 atom stereocenters. The van der Waals surface area contributed by atoms with Gasteiger partial charge in [0.1, 0.15) is 5.60 Å². The van der Waals surface area contributed by atoms with Gasteiger partial charge in [-0.25, -0.2) is 9.78 Å². The Labute approximate surface area is 191 Å². The first-order valence-electron chi connectivity index (χ1n) is 9.84. The van der Waals surface area contributed by atoms with Crippen LogP contribution >= 0.6 is 11.3 Å². The van der Waals surface area contributed by atoms with Gasteiger partial charge in [0.15, 0.2) is 0 Å². The number of nitrogens with two attached hydrogens (primary N) is 1. The van der Waals surface area contributed by atoms with E-state index in [-0.39, 0.29) is 11.6 Å². The van der Waals surface area contributed by atoms with Gasteiger partial charge < -0.3 is 10.5 Å². The van der Waals surface area contributed by atoms with Gasteiger partial charge in [-0.3, -0.25) is 9.27 Å². The van der Waals surface area contributed by atoms with Gasteiger partial charge in [-0.1, -0.05) is 42.5 Å². The highest BCUT2D eigenvalue weighted by atomic mass is 32.2. The molecule has 0 saturated heterocycles. The molecule has 1 heterocycles. The summed E-state index contributed by atoms with van der Waals surface area (Å²) in [7, 11) is -4.33. The molecule has 1 amide bonds. The lowest BCUT2D eigenvalue weighted by Crippen LogP contribution is -2.33. The lowest BCUT2D eigenvalue weighted by Gasteiger charge is -2.28. The molecule has 3 rings (SSSR count). The Bertz CT molecular complexity index is 1160. The number of nitrogens with zero attached hydrogens (tertiary/aromatic N) is 1. The number of primary amides is 1. The number of hydrogen-bond donors (Lipinski definition) is 3. The number of nitrogens with one attached hydrogen (secondary N) is 1. The zero-order valence-corrected chi connectivity index (χ0v) is 19.3. The highest BCUT2D eigenvalue weighted by Gasteiger charge is 2.29. The fourth-order valence-electron chi connectivity index (χ4n) is 3.51. The van der Waals surface area contributed by atoms with E-state index in [0.717, 1.165) is 21.8 Å². The molecule has 0 spiro atoms. The van der Waals surface area contributed by atoms with Crippen molar-refractivity contribution >= 4 is 33.4 Å². The fourth-order valence-corrected chi connectivity index (χ4v) is 4.88. The second-order valence-corrected chi connectivity index (χ2v) is 10.0. The molecule has 32 heavy (non-hydrogen) atoms. The molecule has 1 unspecified atom stereocenters. The van der Waals surface area contributed by atoms with E-state index in [4.69, 9.17) is 20.0 Å². The SMILES string of the molecule is CC(C)(CC(Cc1ccc(NS(=O)(=O)O)cc1)c1nc(-c2ccccc2)cs1)OC(N)=O. The van der Waals surface area contributed by atoms with Crippen molar-refractivity contribution in [3.05, 3.63) is 70.5 Å². The summed E-state index contributed by atoms with van der Waals surface area (Å²) in [5, 5.41) is 2.89. The van der Waals surface area contributed by atoms with Crippen molar-refractivity contribution in [2.24, 2.45) is 5.73 Å². The molecule has 3 aromatic rings. The van der Waals surface area contributed by atoms with Crippen molar-refractivity contribution in [3.8, 4) is 11.3 Å². The molecule has 0 bridgehead atoms. The number of rotatable bonds is 9. The van der Waals surface area contributed by atoms with Crippen LogP contribution in [0.1, 0.15) is 36.8 Å². The summed E-state index contributed by atoms with van der Waals surface area (Å²) < 4.78 is 38.3. The Balaban J connectivity index is 1.86. The Kier molecular flexibility index (Phi) is 7.17. The molecule has 0 aliphatic heterocycles. The summed E-state index contributed by atoms with van der Waals surface area (Å²) in [5.41, 5.74) is 7.51. The average molecular weight is 476 g/mol. The van der Waals surface area contributed by atoms with Crippen LogP contribution in [0.15, 0.2) is 60.0 Å². The summed E-state index contributed by atoms with van der Waals surface area (Å²) in [4.78, 5) is 16.2. The molecule has 4 N–H and O–H groups in total. The molecular formula is C22H25N3O5S2. The van der Waals surface area contributed by atoms with Crippen LogP contribution in [0, 0.1) is 0 Å². The van der Waals surface area contributed by atoms with E-state index in [1.807, 2.05) is 40.4 Å². The number of aromatic nitrogens is 1. The van der Waals surface area contributed by atoms with E-state index in [1.54, 1.807) is 38.1 Å². The monoisotopic (exact) mass is 475 g/mol. The number of thiazole rings is 1. The van der Waals surface area contributed by atoms with Gasteiger partial charge in [-0.15, -0.1) is 11.3 Å². The van der Waals surface area contributed by atoms with Gasteiger partial charge in [0, 0.05) is 16.9 Å². The second kappa shape index (κ2) is 9.68. The van der Waals surface area contributed by atoms with E-state index in [2.05, 4.69) is 0 Å². The highest BCUT2D eigenvalue weighted by Crippen LogP contribution is 2.35. The number of anilines is 1. The summed E-state index contributed by atoms with van der Waals surface area (Å²) in [5.74, 6) is -0.0767. The van der Waals surface area contributed by atoms with Crippen LogP contribution in [-0.4, -0.2) is 29.6 Å². The normalized spacial score (nSPS) is 12.8. The third-order valence-electron chi connectivity index (χ3n) is 4.74. The van der Waals surface area contributed by atoms with Crippen molar-refractivity contribution in [2.45, 2.75) is 38.2 Å². The summed E-state index contributed by atoms with van der Waals surface area (Å²) in [6.45, 7) is 3.60. The van der Waals surface area contributed by atoms with E-state index >= 15 is 0 Å². The summed E-state index contributed by atoms with van der Waals surface area (Å²) in [6, 6.07) is 16.5. The third-order valence-corrected chi connectivity index (χ3v) is 6.24. The quantitative estimate of drug-likeness (QED) is 0.387. The first-order valence-corrected chi connectivity index (χ1v) is 12.2. The minimum Gasteiger partial charge on any atom is -0.444 e. The smallest absolute Gasteiger partial charge is 0.405 e. The highest BCUT2D eigenvalue weighted by molar-refractivity contribution is 7.87. The van der Waals surface area contributed by atoms with Crippen molar-refractivity contribution in [3.63, 3.8) is 0 Å². The number of hydrogen-bond acceptors (Lipinski definition) is 6. The van der Waals surface area contributed by atoms with Crippen LogP contribution in [0.3, 0.4) is 0 Å². The summed E-state index contributed by atoms with van der Waals surface area (Å²) >= 11 is 1.53. The average Bonchev–Trinajstić information content (AvgIpc) is 3.17. The second-order valence-electron chi connectivity index (χ2n) is 8.00. The van der Waals surface area contributed by atoms with Crippen LogP contribution in [-0.2, 0) is 21.5 Å². The molecule has 8 nitrogen and oxygen atoms in total. The van der Waals surface area contributed by atoms with Crippen molar-refractivity contribution in [1.82, 2.24) is 4.98 Å². The topological polar surface area (TPSA) is 132 Å². The minimum absolute atomic E-state index is 0.0767. The standard InChI is InChI=1S/C22H25N3O5S2/c1-22(2,30-21(23)26)13-17(12-15-8-10-18(11-9-15)25-32(27,28)29)20-24-19(14-31-20)16-6-4-3-5-7-16/h3-11,14,17,25H,12-13H2,1-2H3,(H2,23,26)(H,27,28,29). The Morgan fingerprint density at radius 3 is 2.44 bits per heavy atom. The molecule has 0 aliphatic carbocycles. The lowest BCUT2D eigenvalue weighted by molar-refractivity contribution is 0.0336. The lowest BCUT2D eigenvalue weighted by atomic mass is 9.88. The maximum absolute atomic E-state index is 11.3. The van der Waals surface area contributed by atoms with Gasteiger partial charge in [0.05, 0.1) is 16.4 Å². The first-order chi connectivity index (χ1) is 15.0. The molecule has 0 fully saturated rings. The van der Waals surface area contributed by atoms with Crippen LogP contribution in [0.25, 0.3) is 11.3 Å². The Morgan fingerprint density at radius 1 is 1.19 bits per heavy atom. The fraction of sp³-hybridized carbons (Fsp3) is 0.273.